The van der Waals surface area contributed by atoms with Crippen LogP contribution >= 0.6 is 0 Å². The molecular formula is C24H29FN2O2. The molecule has 3 rings (SSSR count). The van der Waals surface area contributed by atoms with E-state index in [4.69, 9.17) is 0 Å². The molecule has 2 aromatic rings. The summed E-state index contributed by atoms with van der Waals surface area (Å²) in [5, 5.41) is 2.86. The Kier molecular flexibility index (Phi) is 7.39. The molecule has 1 aliphatic rings. The van der Waals surface area contributed by atoms with Crippen LogP contribution in [0.15, 0.2) is 48.5 Å². The van der Waals surface area contributed by atoms with Crippen LogP contribution in [-0.2, 0) is 11.3 Å². The Morgan fingerprint density at radius 3 is 2.41 bits per heavy atom. The van der Waals surface area contributed by atoms with Gasteiger partial charge in [-0.1, -0.05) is 49.6 Å². The smallest absolute Gasteiger partial charge is 0.251 e. The predicted molar refractivity (Wildman–Crippen MR) is 112 cm³/mol. The highest BCUT2D eigenvalue weighted by molar-refractivity contribution is 5.95. The van der Waals surface area contributed by atoms with Crippen LogP contribution in [0.25, 0.3) is 0 Å². The van der Waals surface area contributed by atoms with Gasteiger partial charge in [-0.2, -0.15) is 0 Å². The molecule has 2 amide bonds. The monoisotopic (exact) mass is 396 g/mol. The molecular weight excluding hydrogens is 367 g/mol. The Bertz CT molecular complexity index is 829. The Hall–Kier alpha value is -2.69. The lowest BCUT2D eigenvalue weighted by Gasteiger charge is -2.34. The molecule has 0 bridgehead atoms. The molecule has 0 spiro atoms. The molecule has 29 heavy (non-hydrogen) atoms. The lowest BCUT2D eigenvalue weighted by molar-refractivity contribution is -0.134. The normalized spacial score (nSPS) is 14.4. The van der Waals surface area contributed by atoms with E-state index in [0.717, 1.165) is 36.8 Å². The van der Waals surface area contributed by atoms with E-state index in [1.165, 1.54) is 18.6 Å². The number of rotatable bonds is 7. The Morgan fingerprint density at radius 2 is 1.72 bits per heavy atom. The summed E-state index contributed by atoms with van der Waals surface area (Å²) >= 11 is 0. The number of nitrogens with one attached hydrogen (secondary N) is 1. The molecule has 1 N–H and O–H groups in total. The van der Waals surface area contributed by atoms with Crippen molar-refractivity contribution in [2.45, 2.75) is 58.0 Å². The van der Waals surface area contributed by atoms with E-state index < -0.39 is 0 Å². The second kappa shape index (κ2) is 10.2. The van der Waals surface area contributed by atoms with E-state index in [-0.39, 0.29) is 30.1 Å². The first-order valence-electron chi connectivity index (χ1n) is 10.4. The summed E-state index contributed by atoms with van der Waals surface area (Å²) in [6.45, 7) is 2.68. The van der Waals surface area contributed by atoms with Crippen LogP contribution in [0.5, 0.6) is 0 Å². The molecule has 1 fully saturated rings. The van der Waals surface area contributed by atoms with Gasteiger partial charge in [0.1, 0.15) is 5.82 Å². The minimum absolute atomic E-state index is 0.0336. The third-order valence-electron chi connectivity index (χ3n) is 5.62. The molecule has 1 aliphatic carbocycles. The summed E-state index contributed by atoms with van der Waals surface area (Å²) in [5.41, 5.74) is 2.47. The fourth-order valence-electron chi connectivity index (χ4n) is 3.95. The largest absolute Gasteiger partial charge is 0.352 e. The molecule has 2 aromatic carbocycles. The number of hydrogen-bond acceptors (Lipinski definition) is 2. The van der Waals surface area contributed by atoms with Crippen molar-refractivity contribution in [1.82, 2.24) is 10.2 Å². The van der Waals surface area contributed by atoms with Crippen molar-refractivity contribution in [3.8, 4) is 0 Å². The zero-order chi connectivity index (χ0) is 20.6. The summed E-state index contributed by atoms with van der Waals surface area (Å²) in [6, 6.07) is 14.0. The number of carbonyl (C=O) groups excluding carboxylic acids is 2. The maximum absolute atomic E-state index is 13.2. The molecule has 154 valence electrons. The zero-order valence-electron chi connectivity index (χ0n) is 17.0. The highest BCUT2D eigenvalue weighted by Gasteiger charge is 2.25. The first kappa shape index (κ1) is 21.0. The number of benzene rings is 2. The quantitative estimate of drug-likeness (QED) is 0.743. The first-order chi connectivity index (χ1) is 14.0. The van der Waals surface area contributed by atoms with Crippen molar-refractivity contribution >= 4 is 11.8 Å². The van der Waals surface area contributed by atoms with E-state index in [2.05, 4.69) is 5.32 Å². The first-order valence-corrected chi connectivity index (χ1v) is 10.4. The lowest BCUT2D eigenvalue weighted by atomic mass is 9.93. The van der Waals surface area contributed by atoms with Crippen LogP contribution in [0.2, 0.25) is 0 Å². The molecule has 0 saturated heterocycles. The van der Waals surface area contributed by atoms with Gasteiger partial charge >= 0.3 is 0 Å². The van der Waals surface area contributed by atoms with Gasteiger partial charge in [0.15, 0.2) is 0 Å². The van der Waals surface area contributed by atoms with Crippen molar-refractivity contribution in [3.63, 3.8) is 0 Å². The minimum Gasteiger partial charge on any atom is -0.352 e. The number of halogens is 1. The molecule has 0 atom stereocenters. The van der Waals surface area contributed by atoms with Gasteiger partial charge in [-0.3, -0.25) is 9.59 Å². The van der Waals surface area contributed by atoms with Crippen LogP contribution in [-0.4, -0.2) is 29.3 Å². The SMILES string of the molecule is Cc1ccccc1C(=O)NCCC(=O)N(Cc1ccc(F)cc1)C1CCCCC1. The van der Waals surface area contributed by atoms with Crippen LogP contribution in [0, 0.1) is 12.7 Å². The minimum atomic E-state index is -0.275. The molecule has 0 heterocycles. The number of aryl methyl sites for hydroxylation is 1. The van der Waals surface area contributed by atoms with E-state index in [1.54, 1.807) is 18.2 Å². The molecule has 0 aromatic heterocycles. The van der Waals surface area contributed by atoms with Crippen molar-refractivity contribution in [2.75, 3.05) is 6.54 Å². The third kappa shape index (κ3) is 5.89. The van der Waals surface area contributed by atoms with Gasteiger partial charge in [0.2, 0.25) is 5.91 Å². The number of nitrogens with zero attached hydrogens (tertiary/aromatic N) is 1. The summed E-state index contributed by atoms with van der Waals surface area (Å²) < 4.78 is 13.2. The third-order valence-corrected chi connectivity index (χ3v) is 5.62. The lowest BCUT2D eigenvalue weighted by Crippen LogP contribution is -2.42. The van der Waals surface area contributed by atoms with Crippen molar-refractivity contribution in [2.24, 2.45) is 0 Å². The number of carbonyl (C=O) groups is 2. The molecule has 0 radical (unpaired) electrons. The van der Waals surface area contributed by atoms with E-state index in [9.17, 15) is 14.0 Å². The fourth-order valence-corrected chi connectivity index (χ4v) is 3.95. The standard InChI is InChI=1S/C24H29FN2O2/c1-18-7-5-6-10-22(18)24(29)26-16-15-23(28)27(21-8-3-2-4-9-21)17-19-11-13-20(25)14-12-19/h5-7,10-14,21H,2-4,8-9,15-17H2,1H3,(H,26,29). The van der Waals surface area contributed by atoms with Gasteiger partial charge in [-0.25, -0.2) is 4.39 Å². The maximum Gasteiger partial charge on any atom is 0.251 e. The average molecular weight is 397 g/mol. The van der Waals surface area contributed by atoms with Gasteiger partial charge < -0.3 is 10.2 Å². The summed E-state index contributed by atoms with van der Waals surface area (Å²) in [6.07, 6.45) is 5.73. The van der Waals surface area contributed by atoms with Gasteiger partial charge in [0.25, 0.3) is 5.91 Å². The summed E-state index contributed by atoms with van der Waals surface area (Å²) in [5.74, 6) is -0.395. The average Bonchev–Trinajstić information content (AvgIpc) is 2.74. The molecule has 0 unspecified atom stereocenters. The highest BCUT2D eigenvalue weighted by atomic mass is 19.1. The van der Waals surface area contributed by atoms with Crippen molar-refractivity contribution in [1.29, 1.82) is 0 Å². The van der Waals surface area contributed by atoms with Gasteiger partial charge in [0.05, 0.1) is 0 Å². The van der Waals surface area contributed by atoms with Crippen LogP contribution < -0.4 is 5.32 Å². The Balaban J connectivity index is 1.60. The summed E-state index contributed by atoms with van der Waals surface area (Å²) in [7, 11) is 0. The molecule has 4 nitrogen and oxygen atoms in total. The van der Waals surface area contributed by atoms with E-state index in [1.807, 2.05) is 30.0 Å². The van der Waals surface area contributed by atoms with Gasteiger partial charge in [-0.05, 0) is 49.1 Å². The second-order valence-corrected chi connectivity index (χ2v) is 7.76. The Labute approximate surface area is 172 Å². The van der Waals surface area contributed by atoms with E-state index in [0.29, 0.717) is 18.7 Å². The maximum atomic E-state index is 13.2. The number of amides is 2. The van der Waals surface area contributed by atoms with Crippen LogP contribution in [0.4, 0.5) is 4.39 Å². The fraction of sp³-hybridized carbons (Fsp3) is 0.417. The van der Waals surface area contributed by atoms with Crippen molar-refractivity contribution in [3.05, 3.63) is 71.0 Å². The Morgan fingerprint density at radius 1 is 1.03 bits per heavy atom. The van der Waals surface area contributed by atoms with Crippen LogP contribution in [0.1, 0.15) is 60.0 Å². The molecule has 5 heteroatoms. The predicted octanol–water partition coefficient (Wildman–Crippen LogP) is 4.62. The van der Waals surface area contributed by atoms with E-state index >= 15 is 0 Å². The number of hydrogen-bond donors (Lipinski definition) is 1. The van der Waals surface area contributed by atoms with Gasteiger partial charge in [0, 0.05) is 31.1 Å². The van der Waals surface area contributed by atoms with Crippen molar-refractivity contribution < 1.29 is 14.0 Å². The summed E-state index contributed by atoms with van der Waals surface area (Å²) in [4.78, 5) is 27.3. The molecule has 0 aliphatic heterocycles. The topological polar surface area (TPSA) is 49.4 Å². The highest BCUT2D eigenvalue weighted by Crippen LogP contribution is 2.25. The van der Waals surface area contributed by atoms with Crippen LogP contribution in [0.3, 0.4) is 0 Å². The van der Waals surface area contributed by atoms with Gasteiger partial charge in [-0.15, -0.1) is 0 Å². The zero-order valence-corrected chi connectivity index (χ0v) is 17.0. The second-order valence-electron chi connectivity index (χ2n) is 7.76. The molecule has 1 saturated carbocycles.